The Morgan fingerprint density at radius 3 is 0.495 bits per heavy atom. The topological polar surface area (TPSA) is 109 Å². The van der Waals surface area contributed by atoms with Crippen LogP contribution in [0.4, 0.5) is 0 Å². The Morgan fingerprint density at radius 2 is 0.352 bits per heavy atom. The van der Waals surface area contributed by atoms with Gasteiger partial charge in [-0.15, -0.1) is 0 Å². The molecule has 0 fully saturated rings. The van der Waals surface area contributed by atoms with E-state index >= 15 is 0 Å². The molecule has 12 nitrogen and oxygen atoms in total. The first-order valence-corrected chi connectivity index (χ1v) is 105. The van der Waals surface area contributed by atoms with Crippen molar-refractivity contribution < 1.29 is 50.4 Å². The predicted octanol–water partition coefficient (Wildman–Crippen LogP) is 27.1. The van der Waals surface area contributed by atoms with Gasteiger partial charge in [-0.3, -0.25) is 4.79 Å². The quantitative estimate of drug-likeness (QED) is 0.0251. The van der Waals surface area contributed by atoms with E-state index in [-0.39, 0.29) is 5.78 Å². The normalized spacial score (nSPS) is 15.4. The van der Waals surface area contributed by atoms with Gasteiger partial charge >= 0.3 is 0 Å². The third-order valence-corrected chi connectivity index (χ3v) is 97.9. The molecule has 0 aliphatic heterocycles. The molecule has 0 saturated heterocycles. The molecule has 0 N–H and O–H groups in total. The fraction of sp³-hybridized carbons (Fsp3) is 0.959. The molecule has 0 amide bonds. The maximum atomic E-state index is 12.0. The zero-order chi connectivity index (χ0) is 83.1. The molecule has 0 spiro atoms. The van der Waals surface area contributed by atoms with E-state index in [4.69, 9.17) is 41.2 Å². The van der Waals surface area contributed by atoms with Crippen LogP contribution >= 0.6 is 0 Å². The summed E-state index contributed by atoms with van der Waals surface area (Å²) in [7, 11) is -32.8. The average molecular weight is 1820 g/mol. The number of nitrogens with zero attached hydrogens (tertiary/aromatic N) is 1. The van der Waals surface area contributed by atoms with Gasteiger partial charge in [-0.1, -0.05) is 6.58 Å². The van der Waals surface area contributed by atoms with E-state index in [1.54, 1.807) is 0 Å². The molecule has 0 saturated carbocycles. The Bertz CT molecular complexity index is 2620. The molecule has 0 radical (unpaired) electrons. The molecule has 0 atom stereocenters. The lowest BCUT2D eigenvalue weighted by atomic mass is 10.1. The summed E-state index contributed by atoms with van der Waals surface area (Å²) in [6.45, 7) is 109. The number of allylic oxidation sites excluding steroid dienone is 1. The fourth-order valence-electron chi connectivity index (χ4n) is 16.2. The van der Waals surface area contributed by atoms with E-state index in [9.17, 15) is 4.79 Å². The lowest BCUT2D eigenvalue weighted by Gasteiger charge is -2.41. The summed E-state index contributed by atoms with van der Waals surface area (Å²) in [5.74, 6) is 0.212. The largest absolute Gasteiger partial charge is 0.456 e. The molecule has 0 unspecified atom stereocenters. The minimum absolute atomic E-state index is 0.212. The fourth-order valence-corrected chi connectivity index (χ4v) is 129. The van der Waals surface area contributed by atoms with Gasteiger partial charge in [-0.05, 0) is 421 Å². The smallest absolute Gasteiger partial charge is 0.173 e. The van der Waals surface area contributed by atoms with Crippen molar-refractivity contribution in [1.82, 2.24) is 0 Å². The van der Waals surface area contributed by atoms with Crippen LogP contribution in [0, 0.1) is 0 Å². The van der Waals surface area contributed by atoms with Gasteiger partial charge in [0, 0.05) is 6.42 Å². The Hall–Kier alpha value is 3.31. The first-order chi connectivity index (χ1) is 46.0. The molecule has 0 aromatic rings. The number of carbonyl (C=O) groups is 1. The molecule has 105 heavy (non-hydrogen) atoms. The standard InChI is InChI=1S/C73H186NO11Si20/c1-72(2)73(75)50-46-47-51-74(3,4)52-48-49-53-87(8,9)77-89(12,13)56-57-91(16,17)79-93(20,21)60-61-95(24,25)81-97(28,29)64-65-99(32,33)83-101(36,37)68-69-103(40,41)85-105(44,45)71-70-104(42,43)84-102(38,39)67-66-100(34,35)82-98(30,31)63-62-96(26,27)80-94(22,23)59-58-92(18,19)78-90(14,15)55-54-88(10,11)76-86(5,6)7/h1,46-71H2,2-45H3/q+1. The van der Waals surface area contributed by atoms with Crippen molar-refractivity contribution in [3.05, 3.63) is 12.2 Å². The highest BCUT2D eigenvalue weighted by molar-refractivity contribution is 6.94. The van der Waals surface area contributed by atoms with E-state index in [1.165, 1.54) is 134 Å². The monoisotopic (exact) mass is 1810 g/mol. The van der Waals surface area contributed by atoms with Gasteiger partial charge < -0.3 is 45.6 Å². The number of hydrogen-bond acceptors (Lipinski definition) is 11. The Labute approximate surface area is 678 Å². The summed E-state index contributed by atoms with van der Waals surface area (Å²) in [5.41, 5.74) is 0.686. The molecule has 0 aromatic heterocycles. The summed E-state index contributed by atoms with van der Waals surface area (Å²) in [6, 6.07) is 22.5. The lowest BCUT2D eigenvalue weighted by Crippen LogP contribution is -2.51. The number of rotatable bonds is 58. The van der Waals surface area contributed by atoms with Crippen molar-refractivity contribution >= 4 is 172 Å². The van der Waals surface area contributed by atoms with Gasteiger partial charge in [-0.2, -0.15) is 0 Å². The third kappa shape index (κ3) is 54.8. The summed E-state index contributed by atoms with van der Waals surface area (Å²) in [6.07, 6.45) is 5.15. The van der Waals surface area contributed by atoms with E-state index in [0.29, 0.717) is 12.0 Å². The zero-order valence-corrected chi connectivity index (χ0v) is 99.0. The molecule has 0 rings (SSSR count). The second kappa shape index (κ2) is 41.3. The Morgan fingerprint density at radius 1 is 0.219 bits per heavy atom. The van der Waals surface area contributed by atoms with Crippen LogP contribution < -0.4 is 0 Å². The molecule has 0 heterocycles. The first kappa shape index (κ1) is 108. The average Bonchev–Trinajstić information content (AvgIpc) is 0.829. The highest BCUT2D eigenvalue weighted by atomic mass is 28.5. The summed E-state index contributed by atoms with van der Waals surface area (Å²) < 4.78 is 73.8. The number of quaternary nitrogens is 1. The van der Waals surface area contributed by atoms with Crippen molar-refractivity contribution in [1.29, 1.82) is 0 Å². The van der Waals surface area contributed by atoms with Crippen LogP contribution in [0.1, 0.15) is 39.0 Å². The minimum Gasteiger partial charge on any atom is -0.456 e. The van der Waals surface area contributed by atoms with Gasteiger partial charge in [0.05, 0.1) is 27.2 Å². The highest BCUT2D eigenvalue weighted by Crippen LogP contribution is 2.39. The van der Waals surface area contributed by atoms with Crippen LogP contribution in [0.25, 0.3) is 0 Å². The van der Waals surface area contributed by atoms with Crippen molar-refractivity contribution in [2.24, 2.45) is 0 Å². The summed E-state index contributed by atoms with van der Waals surface area (Å²) >= 11 is 0. The van der Waals surface area contributed by atoms with E-state index in [0.717, 1.165) is 23.9 Å². The van der Waals surface area contributed by atoms with Crippen molar-refractivity contribution in [2.45, 2.75) is 422 Å². The van der Waals surface area contributed by atoms with Gasteiger partial charge in [-0.25, -0.2) is 0 Å². The van der Waals surface area contributed by atoms with Crippen molar-refractivity contribution in [3.63, 3.8) is 0 Å². The molecular formula is C73H186NO11Si20+. The summed E-state index contributed by atoms with van der Waals surface area (Å²) in [5, 5.41) is 0. The maximum absolute atomic E-state index is 12.0. The number of hydrogen-bond donors (Lipinski definition) is 0. The van der Waals surface area contributed by atoms with Crippen LogP contribution in [0.2, 0.25) is 383 Å². The van der Waals surface area contributed by atoms with Crippen LogP contribution in [-0.2, 0) is 45.9 Å². The van der Waals surface area contributed by atoms with Gasteiger partial charge in [0.25, 0.3) is 0 Å². The second-order valence-electron chi connectivity index (χ2n) is 46.6. The van der Waals surface area contributed by atoms with Crippen molar-refractivity contribution in [3.8, 4) is 0 Å². The van der Waals surface area contributed by atoms with Gasteiger partial charge in [0.2, 0.25) is 0 Å². The molecule has 0 aliphatic carbocycles. The highest BCUT2D eigenvalue weighted by Gasteiger charge is 2.47. The molecular weight excluding hydrogens is 1630 g/mol. The molecule has 32 heteroatoms. The van der Waals surface area contributed by atoms with Gasteiger partial charge in [0.15, 0.2) is 172 Å². The number of unbranched alkanes of at least 4 members (excludes halogenated alkanes) is 2. The summed E-state index contributed by atoms with van der Waals surface area (Å²) in [4.78, 5) is 12.0. The maximum Gasteiger partial charge on any atom is 0.173 e. The van der Waals surface area contributed by atoms with E-state index in [1.807, 2.05) is 6.92 Å². The molecule has 628 valence electrons. The molecule has 0 aliphatic rings. The Kier molecular flexibility index (Phi) is 42.6. The van der Waals surface area contributed by atoms with Crippen LogP contribution in [0.3, 0.4) is 0 Å². The van der Waals surface area contributed by atoms with Crippen molar-refractivity contribution in [2.75, 3.05) is 27.2 Å². The predicted molar refractivity (Wildman–Crippen MR) is 522 cm³/mol. The number of carbonyl (C=O) groups excluding carboxylic acids is 1. The Balaban J connectivity index is 5.30. The minimum atomic E-state index is -1.94. The molecule has 0 aromatic carbocycles. The first-order valence-electron chi connectivity index (χ1n) is 42.0. The number of ketones is 1. The van der Waals surface area contributed by atoms with Gasteiger partial charge in [0.1, 0.15) is 0 Å². The van der Waals surface area contributed by atoms with Crippen LogP contribution in [0.5, 0.6) is 0 Å². The van der Waals surface area contributed by atoms with Crippen LogP contribution in [0.15, 0.2) is 12.2 Å². The molecule has 0 bridgehead atoms. The SMILES string of the molecule is C=C(C)C(=O)CCCC[N+](C)(C)CCCC[Si](C)(C)O[Si](C)(C)CC[Si](C)(C)O[Si](C)(C)CC[Si](C)(C)O[Si](C)(C)CC[Si](C)(C)O[Si](C)(C)CC[Si](C)(C)O[Si](C)(C)CC[Si](C)(C)O[Si](C)(C)CC[Si](C)(C)O[Si](C)(C)CC[Si](C)(C)O[Si](C)(C)CC[Si](C)(C)O[Si](C)(C)CC[Si](C)(C)O[Si](C)(C)C. The third-order valence-electron chi connectivity index (χ3n) is 21.2. The number of Topliss-reactive ketones (excluding diaryl/α,β-unsaturated/α-hetero) is 1. The van der Waals surface area contributed by atoms with E-state index < -0.39 is 166 Å². The lowest BCUT2D eigenvalue weighted by molar-refractivity contribution is -0.890. The van der Waals surface area contributed by atoms with Crippen LogP contribution in [-0.4, -0.2) is 204 Å². The second-order valence-corrected chi connectivity index (χ2v) is 135. The zero-order valence-electron chi connectivity index (χ0n) is 79.0. The van der Waals surface area contributed by atoms with E-state index in [2.05, 4.69) is 289 Å².